The third kappa shape index (κ3) is 1.52. The molecule has 0 fully saturated rings. The number of hydrogen-bond donors (Lipinski definition) is 1. The summed E-state index contributed by atoms with van der Waals surface area (Å²) in [5.74, 6) is 0. The summed E-state index contributed by atoms with van der Waals surface area (Å²) in [6.07, 6.45) is 6.09. The average molecular weight is 239 g/mol. The zero-order valence-corrected chi connectivity index (χ0v) is 9.18. The van der Waals surface area contributed by atoms with Crippen LogP contribution in [0.5, 0.6) is 0 Å². The van der Waals surface area contributed by atoms with Gasteiger partial charge in [-0.1, -0.05) is 0 Å². The summed E-state index contributed by atoms with van der Waals surface area (Å²) in [7, 11) is 0. The predicted octanol–water partition coefficient (Wildman–Crippen LogP) is 1.47. The Morgan fingerprint density at radius 2 is 2.00 bits per heavy atom. The van der Waals surface area contributed by atoms with Crippen molar-refractivity contribution in [3.63, 3.8) is 0 Å². The molecule has 0 saturated heterocycles. The summed E-state index contributed by atoms with van der Waals surface area (Å²) in [6.45, 7) is 0. The number of nitrogen functional groups attached to an aromatic ring is 1. The van der Waals surface area contributed by atoms with Gasteiger partial charge in [-0.25, -0.2) is 0 Å². The minimum atomic E-state index is 0.296. The average Bonchev–Trinajstić information content (AvgIpc) is 2.32. The molecule has 0 bridgehead atoms. The van der Waals surface area contributed by atoms with E-state index in [1.165, 1.54) is 35.7 Å². The SMILES string of the molecule is N#Cc1c(N)[se]c2c1CCCCC2. The van der Waals surface area contributed by atoms with Gasteiger partial charge in [-0.05, 0) is 0 Å². The molecular weight excluding hydrogens is 227 g/mol. The third-order valence-electron chi connectivity index (χ3n) is 2.56. The molecule has 1 aliphatic rings. The van der Waals surface area contributed by atoms with Crippen LogP contribution in [0.3, 0.4) is 0 Å². The molecule has 0 spiro atoms. The topological polar surface area (TPSA) is 49.8 Å². The van der Waals surface area contributed by atoms with Gasteiger partial charge in [-0.2, -0.15) is 0 Å². The van der Waals surface area contributed by atoms with E-state index in [-0.39, 0.29) is 0 Å². The van der Waals surface area contributed by atoms with Crippen molar-refractivity contribution >= 4 is 19.1 Å². The molecular formula is C10H12N2Se. The van der Waals surface area contributed by atoms with Crippen LogP contribution in [0.15, 0.2) is 0 Å². The first kappa shape index (κ1) is 8.87. The van der Waals surface area contributed by atoms with E-state index in [1.807, 2.05) is 0 Å². The first-order valence-electron chi connectivity index (χ1n) is 4.63. The van der Waals surface area contributed by atoms with E-state index in [0.717, 1.165) is 16.5 Å². The molecule has 1 aromatic heterocycles. The van der Waals surface area contributed by atoms with Gasteiger partial charge in [0.05, 0.1) is 0 Å². The number of nitrogens with two attached hydrogens (primary N) is 1. The van der Waals surface area contributed by atoms with Crippen molar-refractivity contribution < 1.29 is 0 Å². The summed E-state index contributed by atoms with van der Waals surface area (Å²) >= 11 is 0.296. The number of aryl methyl sites for hydroxylation is 1. The number of rotatable bonds is 0. The van der Waals surface area contributed by atoms with Gasteiger partial charge < -0.3 is 0 Å². The Balaban J connectivity index is 2.48. The molecule has 68 valence electrons. The quantitative estimate of drug-likeness (QED) is 0.550. The molecule has 0 aromatic carbocycles. The van der Waals surface area contributed by atoms with Crippen molar-refractivity contribution in [2.45, 2.75) is 32.1 Å². The van der Waals surface area contributed by atoms with Crippen LogP contribution in [0.1, 0.15) is 34.8 Å². The van der Waals surface area contributed by atoms with Gasteiger partial charge in [-0.3, -0.25) is 0 Å². The summed E-state index contributed by atoms with van der Waals surface area (Å²) in [4.78, 5) is 0. The van der Waals surface area contributed by atoms with Gasteiger partial charge in [0.15, 0.2) is 0 Å². The predicted molar refractivity (Wildman–Crippen MR) is 53.8 cm³/mol. The van der Waals surface area contributed by atoms with Crippen molar-refractivity contribution in [1.29, 1.82) is 5.26 Å². The zero-order chi connectivity index (χ0) is 9.26. The maximum absolute atomic E-state index is 8.96. The molecule has 1 aromatic rings. The summed E-state index contributed by atoms with van der Waals surface area (Å²) in [6, 6.07) is 2.25. The number of fused-ring (bicyclic) bond motifs is 1. The Labute approximate surface area is 84.1 Å². The van der Waals surface area contributed by atoms with E-state index in [9.17, 15) is 0 Å². The van der Waals surface area contributed by atoms with Crippen molar-refractivity contribution in [3.05, 3.63) is 15.6 Å². The fourth-order valence-electron chi connectivity index (χ4n) is 1.89. The van der Waals surface area contributed by atoms with E-state index in [1.54, 1.807) is 0 Å². The Kier molecular flexibility index (Phi) is 2.44. The van der Waals surface area contributed by atoms with Gasteiger partial charge in [0.1, 0.15) is 0 Å². The fraction of sp³-hybridized carbons (Fsp3) is 0.500. The van der Waals surface area contributed by atoms with Crippen LogP contribution in [0.2, 0.25) is 0 Å². The van der Waals surface area contributed by atoms with E-state index in [4.69, 9.17) is 11.0 Å². The van der Waals surface area contributed by atoms with Gasteiger partial charge in [0.25, 0.3) is 0 Å². The molecule has 0 unspecified atom stereocenters. The summed E-state index contributed by atoms with van der Waals surface area (Å²) in [5.41, 5.74) is 7.96. The van der Waals surface area contributed by atoms with Crippen molar-refractivity contribution in [2.24, 2.45) is 0 Å². The van der Waals surface area contributed by atoms with Crippen molar-refractivity contribution in [1.82, 2.24) is 0 Å². The maximum atomic E-state index is 8.96. The Morgan fingerprint density at radius 3 is 2.77 bits per heavy atom. The van der Waals surface area contributed by atoms with Crippen LogP contribution in [0.25, 0.3) is 0 Å². The number of nitriles is 1. The normalized spacial score (nSPS) is 15.9. The van der Waals surface area contributed by atoms with Gasteiger partial charge in [0.2, 0.25) is 0 Å². The van der Waals surface area contributed by atoms with Crippen LogP contribution in [-0.4, -0.2) is 14.5 Å². The molecule has 2 nitrogen and oxygen atoms in total. The molecule has 1 heterocycles. The van der Waals surface area contributed by atoms with Gasteiger partial charge >= 0.3 is 83.8 Å². The zero-order valence-electron chi connectivity index (χ0n) is 7.47. The molecule has 0 amide bonds. The Morgan fingerprint density at radius 1 is 1.23 bits per heavy atom. The first-order chi connectivity index (χ1) is 6.33. The van der Waals surface area contributed by atoms with Crippen molar-refractivity contribution in [3.8, 4) is 6.07 Å². The second-order valence-electron chi connectivity index (χ2n) is 3.42. The third-order valence-corrected chi connectivity index (χ3v) is 4.91. The molecule has 0 saturated carbocycles. The number of nitrogens with zero attached hydrogens (tertiary/aromatic N) is 1. The minimum absolute atomic E-state index is 0.296. The van der Waals surface area contributed by atoms with Crippen molar-refractivity contribution in [2.75, 3.05) is 5.73 Å². The summed E-state index contributed by atoms with van der Waals surface area (Å²) < 4.78 is 2.36. The molecule has 3 heteroatoms. The van der Waals surface area contributed by atoms with Crippen LogP contribution < -0.4 is 5.73 Å². The fourth-order valence-corrected chi connectivity index (χ4v) is 4.22. The monoisotopic (exact) mass is 240 g/mol. The molecule has 0 radical (unpaired) electrons. The second-order valence-corrected chi connectivity index (χ2v) is 5.80. The van der Waals surface area contributed by atoms with Crippen LogP contribution in [-0.2, 0) is 12.8 Å². The standard InChI is InChI=1S/C10H12N2Se/c11-6-8-7-4-2-1-3-5-9(7)13-10(8)12/h1-5,12H2. The summed E-state index contributed by atoms with van der Waals surface area (Å²) in [5, 5.41) is 8.96. The van der Waals surface area contributed by atoms with E-state index in [0.29, 0.717) is 14.5 Å². The second kappa shape index (κ2) is 3.57. The number of hydrogen-bond acceptors (Lipinski definition) is 2. The number of anilines is 1. The van der Waals surface area contributed by atoms with Crippen LogP contribution in [0.4, 0.5) is 4.56 Å². The molecule has 0 aliphatic heterocycles. The Bertz CT molecular complexity index is 360. The van der Waals surface area contributed by atoms with Gasteiger partial charge in [-0.15, -0.1) is 0 Å². The molecule has 2 rings (SSSR count). The molecule has 0 atom stereocenters. The van der Waals surface area contributed by atoms with E-state index >= 15 is 0 Å². The first-order valence-corrected chi connectivity index (χ1v) is 6.34. The van der Waals surface area contributed by atoms with Crippen LogP contribution >= 0.6 is 0 Å². The molecule has 13 heavy (non-hydrogen) atoms. The Hall–Kier alpha value is -0.711. The van der Waals surface area contributed by atoms with Gasteiger partial charge in [0, 0.05) is 0 Å². The molecule has 1 aliphatic carbocycles. The molecule has 2 N–H and O–H groups in total. The van der Waals surface area contributed by atoms with E-state index in [2.05, 4.69) is 6.07 Å². The van der Waals surface area contributed by atoms with E-state index < -0.39 is 0 Å². The van der Waals surface area contributed by atoms with Crippen LogP contribution in [0, 0.1) is 11.3 Å².